The molecule has 34 heavy (non-hydrogen) atoms. The molecule has 0 aliphatic rings. The zero-order valence-corrected chi connectivity index (χ0v) is 19.9. The third kappa shape index (κ3) is 5.51. The Labute approximate surface area is 201 Å². The van der Waals surface area contributed by atoms with E-state index in [0.717, 1.165) is 15.6 Å². The van der Waals surface area contributed by atoms with Crippen molar-refractivity contribution in [1.29, 1.82) is 0 Å². The van der Waals surface area contributed by atoms with Crippen molar-refractivity contribution >= 4 is 49.0 Å². The second-order valence-corrected chi connectivity index (χ2v) is 10.3. The maximum atomic E-state index is 13.2. The number of carbonyl (C=O) groups is 2. The highest BCUT2D eigenvalue weighted by Crippen LogP contribution is 2.28. The number of sulfonamides is 1. The minimum Gasteiger partial charge on any atom is -0.465 e. The number of esters is 1. The summed E-state index contributed by atoms with van der Waals surface area (Å²) in [4.78, 5) is 25.6. The average molecular weight is 495 g/mol. The highest BCUT2D eigenvalue weighted by atomic mass is 32.2. The van der Waals surface area contributed by atoms with Crippen LogP contribution >= 0.6 is 11.3 Å². The largest absolute Gasteiger partial charge is 0.465 e. The zero-order valence-electron chi connectivity index (χ0n) is 18.2. The lowest BCUT2D eigenvalue weighted by atomic mass is 10.1. The Morgan fingerprint density at radius 2 is 1.62 bits per heavy atom. The Balaban J connectivity index is 1.59. The summed E-state index contributed by atoms with van der Waals surface area (Å²) in [7, 11) is -2.60. The molecule has 1 atom stereocenters. The van der Waals surface area contributed by atoms with Gasteiger partial charge in [-0.3, -0.25) is 4.79 Å². The molecule has 0 spiro atoms. The molecule has 0 unspecified atom stereocenters. The molecule has 4 aromatic rings. The van der Waals surface area contributed by atoms with Gasteiger partial charge in [-0.25, -0.2) is 13.2 Å². The molecule has 0 saturated heterocycles. The topological polar surface area (TPSA) is 102 Å². The van der Waals surface area contributed by atoms with Crippen LogP contribution in [-0.4, -0.2) is 33.4 Å². The summed E-state index contributed by atoms with van der Waals surface area (Å²) in [6.07, 6.45) is 0.173. The molecule has 9 heteroatoms. The number of rotatable bonds is 8. The molecule has 0 fully saturated rings. The van der Waals surface area contributed by atoms with Gasteiger partial charge in [0.05, 0.1) is 12.0 Å². The summed E-state index contributed by atoms with van der Waals surface area (Å²) in [5, 5.41) is 3.57. The molecule has 4 rings (SSSR count). The van der Waals surface area contributed by atoms with Crippen LogP contribution in [0.5, 0.6) is 0 Å². The Morgan fingerprint density at radius 1 is 0.941 bits per heavy atom. The van der Waals surface area contributed by atoms with Crippen LogP contribution in [-0.2, 0) is 26.0 Å². The minimum absolute atomic E-state index is 0.0795. The summed E-state index contributed by atoms with van der Waals surface area (Å²) in [5.74, 6) is -0.920. The third-order valence-electron chi connectivity index (χ3n) is 5.12. The monoisotopic (exact) mass is 494 g/mol. The molecule has 3 aromatic carbocycles. The molecule has 0 saturated carbocycles. The van der Waals surface area contributed by atoms with E-state index in [0.29, 0.717) is 10.6 Å². The summed E-state index contributed by atoms with van der Waals surface area (Å²) < 4.78 is 34.0. The number of methoxy groups -OCH3 is 1. The summed E-state index contributed by atoms with van der Waals surface area (Å²) >= 11 is 1.29. The second-order valence-electron chi connectivity index (χ2n) is 7.52. The smallest absolute Gasteiger partial charge is 0.348 e. The highest BCUT2D eigenvalue weighted by molar-refractivity contribution is 7.89. The number of thiophene rings is 1. The molecule has 0 radical (unpaired) electrons. The highest BCUT2D eigenvalue weighted by Gasteiger charge is 2.26. The van der Waals surface area contributed by atoms with E-state index >= 15 is 0 Å². The van der Waals surface area contributed by atoms with Gasteiger partial charge >= 0.3 is 5.97 Å². The van der Waals surface area contributed by atoms with Crippen molar-refractivity contribution in [2.24, 2.45) is 0 Å². The van der Waals surface area contributed by atoms with E-state index in [9.17, 15) is 18.0 Å². The van der Waals surface area contributed by atoms with E-state index in [1.807, 2.05) is 30.3 Å². The minimum atomic E-state index is -3.92. The predicted molar refractivity (Wildman–Crippen MR) is 132 cm³/mol. The fourth-order valence-corrected chi connectivity index (χ4v) is 5.62. The number of anilines is 1. The van der Waals surface area contributed by atoms with Crippen LogP contribution in [0, 0.1) is 0 Å². The first-order chi connectivity index (χ1) is 16.4. The van der Waals surface area contributed by atoms with E-state index in [2.05, 4.69) is 10.0 Å². The number of hydrogen-bond donors (Lipinski definition) is 2. The number of amides is 1. The van der Waals surface area contributed by atoms with Crippen molar-refractivity contribution in [2.75, 3.05) is 12.4 Å². The molecule has 1 heterocycles. The van der Waals surface area contributed by atoms with Crippen LogP contribution in [0.25, 0.3) is 10.1 Å². The van der Waals surface area contributed by atoms with E-state index in [-0.39, 0.29) is 11.3 Å². The lowest BCUT2D eigenvalue weighted by Gasteiger charge is -2.19. The van der Waals surface area contributed by atoms with Crippen LogP contribution in [0.1, 0.15) is 15.2 Å². The van der Waals surface area contributed by atoms with Crippen molar-refractivity contribution in [3.05, 3.63) is 95.4 Å². The number of hydrogen-bond acceptors (Lipinski definition) is 6. The number of ether oxygens (including phenoxy) is 1. The van der Waals surface area contributed by atoms with Gasteiger partial charge in [-0.05, 0) is 53.8 Å². The molecule has 0 bridgehead atoms. The van der Waals surface area contributed by atoms with Crippen molar-refractivity contribution in [1.82, 2.24) is 4.72 Å². The lowest BCUT2D eigenvalue weighted by Crippen LogP contribution is -2.45. The molecule has 7 nitrogen and oxygen atoms in total. The van der Waals surface area contributed by atoms with E-state index in [4.69, 9.17) is 4.74 Å². The maximum absolute atomic E-state index is 13.2. The Kier molecular flexibility index (Phi) is 7.06. The molecule has 174 valence electrons. The summed E-state index contributed by atoms with van der Waals surface area (Å²) in [6, 6.07) is 23.0. The SMILES string of the molecule is COC(=O)c1cc2cc(NC(=O)[C@@H](Cc3ccccc3)NS(=O)(=O)c3ccccc3)ccc2s1. The van der Waals surface area contributed by atoms with Crippen molar-refractivity contribution in [2.45, 2.75) is 17.4 Å². The number of carbonyl (C=O) groups excluding carboxylic acids is 2. The molecule has 0 aliphatic carbocycles. The fraction of sp³-hybridized carbons (Fsp3) is 0.120. The van der Waals surface area contributed by atoms with Crippen molar-refractivity contribution < 1.29 is 22.7 Å². The van der Waals surface area contributed by atoms with Crippen LogP contribution in [0.2, 0.25) is 0 Å². The van der Waals surface area contributed by atoms with Gasteiger partial charge < -0.3 is 10.1 Å². The second kappa shape index (κ2) is 10.2. The molecule has 0 aliphatic heterocycles. The standard InChI is InChI=1S/C25H22N2O5S2/c1-32-25(29)23-16-18-15-19(12-13-22(18)33-23)26-24(28)21(14-17-8-4-2-5-9-17)27-34(30,31)20-10-6-3-7-11-20/h2-13,15-16,21,27H,14H2,1H3,(H,26,28)/t21-/m1/s1. The molecular weight excluding hydrogens is 472 g/mol. The first kappa shape index (κ1) is 23.6. The van der Waals surface area contributed by atoms with Gasteiger partial charge in [0.2, 0.25) is 15.9 Å². The van der Waals surface area contributed by atoms with E-state index in [1.165, 1.54) is 30.6 Å². The van der Waals surface area contributed by atoms with Gasteiger partial charge in [0.25, 0.3) is 0 Å². The van der Waals surface area contributed by atoms with Gasteiger partial charge in [0.1, 0.15) is 10.9 Å². The molecular formula is C25H22N2O5S2. The van der Waals surface area contributed by atoms with Crippen molar-refractivity contribution in [3.63, 3.8) is 0 Å². The van der Waals surface area contributed by atoms with E-state index in [1.54, 1.807) is 42.5 Å². The van der Waals surface area contributed by atoms with Gasteiger partial charge in [0, 0.05) is 10.4 Å². The molecule has 2 N–H and O–H groups in total. The lowest BCUT2D eigenvalue weighted by molar-refractivity contribution is -0.117. The Morgan fingerprint density at radius 3 is 2.29 bits per heavy atom. The number of benzene rings is 3. The third-order valence-corrected chi connectivity index (χ3v) is 7.70. The van der Waals surface area contributed by atoms with Gasteiger partial charge in [-0.2, -0.15) is 4.72 Å². The van der Waals surface area contributed by atoms with Crippen molar-refractivity contribution in [3.8, 4) is 0 Å². The fourth-order valence-electron chi connectivity index (χ4n) is 3.44. The normalized spacial score (nSPS) is 12.3. The summed E-state index contributed by atoms with van der Waals surface area (Å²) in [6.45, 7) is 0. The number of nitrogens with one attached hydrogen (secondary N) is 2. The first-order valence-corrected chi connectivity index (χ1v) is 12.7. The summed E-state index contributed by atoms with van der Waals surface area (Å²) in [5.41, 5.74) is 1.30. The predicted octanol–water partition coefficient (Wildman–Crippen LogP) is 4.22. The van der Waals surface area contributed by atoms with Gasteiger partial charge in [0.15, 0.2) is 0 Å². The Hall–Kier alpha value is -3.53. The molecule has 1 aromatic heterocycles. The van der Waals surface area contributed by atoms with Crippen LogP contribution < -0.4 is 10.0 Å². The first-order valence-electron chi connectivity index (χ1n) is 10.4. The average Bonchev–Trinajstić information content (AvgIpc) is 3.28. The molecule has 1 amide bonds. The van der Waals surface area contributed by atoms with Crippen LogP contribution in [0.3, 0.4) is 0 Å². The quantitative estimate of drug-likeness (QED) is 0.357. The van der Waals surface area contributed by atoms with Gasteiger partial charge in [-0.1, -0.05) is 48.5 Å². The Bertz CT molecular complexity index is 1420. The van der Waals surface area contributed by atoms with Crippen LogP contribution in [0.4, 0.5) is 5.69 Å². The maximum Gasteiger partial charge on any atom is 0.348 e. The number of fused-ring (bicyclic) bond motifs is 1. The van der Waals surface area contributed by atoms with E-state index < -0.39 is 27.9 Å². The zero-order chi connectivity index (χ0) is 24.1. The van der Waals surface area contributed by atoms with Crippen LogP contribution in [0.15, 0.2) is 89.8 Å². The van der Waals surface area contributed by atoms with Gasteiger partial charge in [-0.15, -0.1) is 11.3 Å².